The van der Waals surface area contributed by atoms with Crippen LogP contribution in [0.5, 0.6) is 0 Å². The second-order valence-corrected chi connectivity index (χ2v) is 15.4. The molecule has 8 rings (SSSR count). The maximum atomic E-state index is 12.9. The molecule has 3 unspecified atom stereocenters. The lowest BCUT2D eigenvalue weighted by Crippen LogP contribution is -2.52. The Morgan fingerprint density at radius 2 is 1.05 bits per heavy atom. The van der Waals surface area contributed by atoms with Gasteiger partial charge in [-0.05, 0) is 55.8 Å². The van der Waals surface area contributed by atoms with Gasteiger partial charge in [-0.25, -0.2) is 4.79 Å². The smallest absolute Gasteiger partial charge is 0.407 e. The molecule has 3 atom stereocenters. The van der Waals surface area contributed by atoms with Crippen molar-refractivity contribution < 1.29 is 28.8 Å². The van der Waals surface area contributed by atoms with Crippen LogP contribution in [0.25, 0.3) is 10.8 Å². The van der Waals surface area contributed by atoms with Gasteiger partial charge < -0.3 is 29.0 Å². The fourth-order valence-corrected chi connectivity index (χ4v) is 8.50. The van der Waals surface area contributed by atoms with Gasteiger partial charge in [0.25, 0.3) is 0 Å². The summed E-state index contributed by atoms with van der Waals surface area (Å²) in [7, 11) is 0. The summed E-state index contributed by atoms with van der Waals surface area (Å²) in [5.74, 6) is -0.432. The Balaban J connectivity index is 1.08. The molecule has 0 aromatic heterocycles. The zero-order valence-corrected chi connectivity index (χ0v) is 33.7. The van der Waals surface area contributed by atoms with Crippen molar-refractivity contribution in [2.75, 3.05) is 32.9 Å². The van der Waals surface area contributed by atoms with E-state index in [1.54, 1.807) is 0 Å². The summed E-state index contributed by atoms with van der Waals surface area (Å²) in [6, 6.07) is 64.1. The summed E-state index contributed by atoms with van der Waals surface area (Å²) >= 11 is 0. The number of nitrogens with zero attached hydrogens (tertiary/aromatic N) is 1. The van der Waals surface area contributed by atoms with Gasteiger partial charge in [-0.3, -0.25) is 0 Å². The first-order valence-electron chi connectivity index (χ1n) is 20.7. The van der Waals surface area contributed by atoms with Gasteiger partial charge in [0.2, 0.25) is 0 Å². The molecule has 0 spiro atoms. The van der Waals surface area contributed by atoms with Gasteiger partial charge in [0.15, 0.2) is 0 Å². The number of fused-ring (bicyclic) bond motifs is 1. The number of hydrogen-bond acceptors (Lipinski definition) is 5. The SMILES string of the molecule is O=C(O)N1CC(COC(c2ccccc2)(c2ccccc2)c2ccccc2)C(c2ccc(COCCOCc3ccccc3)cc2)C(OCc2ccc3ccccc3c2)C1. The van der Waals surface area contributed by atoms with Crippen LogP contribution < -0.4 is 0 Å². The molecule has 304 valence electrons. The van der Waals surface area contributed by atoms with Crippen molar-refractivity contribution in [3.63, 3.8) is 0 Å². The van der Waals surface area contributed by atoms with Gasteiger partial charge in [-0.2, -0.15) is 0 Å². The van der Waals surface area contributed by atoms with Crippen molar-refractivity contribution in [3.05, 3.63) is 227 Å². The summed E-state index contributed by atoms with van der Waals surface area (Å²) < 4.78 is 26.1. The highest BCUT2D eigenvalue weighted by atomic mass is 16.5. The number of carboxylic acid groups (broad SMARTS) is 1. The van der Waals surface area contributed by atoms with Crippen LogP contribution in [-0.4, -0.2) is 55.1 Å². The molecule has 1 saturated heterocycles. The first-order chi connectivity index (χ1) is 29.6. The second-order valence-electron chi connectivity index (χ2n) is 15.4. The lowest BCUT2D eigenvalue weighted by molar-refractivity contribution is -0.0755. The Kier molecular flexibility index (Phi) is 13.4. The molecule has 60 heavy (non-hydrogen) atoms. The fourth-order valence-electron chi connectivity index (χ4n) is 8.50. The fraction of sp³-hybridized carbons (Fsp3) is 0.226. The molecular weight excluding hydrogens is 747 g/mol. The van der Waals surface area contributed by atoms with Crippen LogP contribution >= 0.6 is 0 Å². The molecule has 7 nitrogen and oxygen atoms in total. The van der Waals surface area contributed by atoms with Gasteiger partial charge in [0, 0.05) is 18.4 Å². The second kappa shape index (κ2) is 19.8. The minimum absolute atomic E-state index is 0.178. The highest BCUT2D eigenvalue weighted by molar-refractivity contribution is 5.83. The largest absolute Gasteiger partial charge is 0.465 e. The van der Waals surface area contributed by atoms with Crippen LogP contribution in [-0.2, 0) is 44.4 Å². The first-order valence-corrected chi connectivity index (χ1v) is 20.7. The van der Waals surface area contributed by atoms with E-state index < -0.39 is 17.8 Å². The average Bonchev–Trinajstić information content (AvgIpc) is 3.31. The summed E-state index contributed by atoms with van der Waals surface area (Å²) in [6.07, 6.45) is -1.42. The predicted octanol–water partition coefficient (Wildman–Crippen LogP) is 10.9. The van der Waals surface area contributed by atoms with Crippen molar-refractivity contribution in [2.24, 2.45) is 5.92 Å². The van der Waals surface area contributed by atoms with Gasteiger partial charge in [-0.1, -0.05) is 182 Å². The molecule has 1 amide bonds. The third-order valence-electron chi connectivity index (χ3n) is 11.5. The van der Waals surface area contributed by atoms with Gasteiger partial charge in [0.05, 0.1) is 52.3 Å². The van der Waals surface area contributed by atoms with Gasteiger partial charge in [-0.15, -0.1) is 0 Å². The number of carbonyl (C=O) groups is 1. The topological polar surface area (TPSA) is 77.5 Å². The van der Waals surface area contributed by atoms with E-state index in [1.165, 1.54) is 4.90 Å². The average molecular weight is 798 g/mol. The lowest BCUT2D eigenvalue weighted by Gasteiger charge is -2.45. The van der Waals surface area contributed by atoms with Crippen LogP contribution in [0.2, 0.25) is 0 Å². The van der Waals surface area contributed by atoms with Crippen molar-refractivity contribution in [1.82, 2.24) is 4.90 Å². The Hall–Kier alpha value is -6.09. The van der Waals surface area contributed by atoms with Gasteiger partial charge in [0.1, 0.15) is 5.60 Å². The highest BCUT2D eigenvalue weighted by Gasteiger charge is 2.44. The van der Waals surface area contributed by atoms with Crippen LogP contribution in [0.15, 0.2) is 188 Å². The molecule has 1 fully saturated rings. The number of benzene rings is 7. The molecule has 1 N–H and O–H groups in total. The molecule has 0 saturated carbocycles. The quantitative estimate of drug-likeness (QED) is 0.0730. The van der Waals surface area contributed by atoms with Crippen molar-refractivity contribution in [1.29, 1.82) is 0 Å². The van der Waals surface area contributed by atoms with E-state index in [1.807, 2.05) is 84.9 Å². The number of hydrogen-bond donors (Lipinski definition) is 1. The highest BCUT2D eigenvalue weighted by Crippen LogP contribution is 2.43. The number of likely N-dealkylation sites (tertiary alicyclic amines) is 1. The molecular formula is C53H51NO6. The molecule has 7 aromatic rings. The van der Waals surface area contributed by atoms with E-state index in [0.29, 0.717) is 33.0 Å². The molecule has 1 aliphatic heterocycles. The maximum absolute atomic E-state index is 12.9. The predicted molar refractivity (Wildman–Crippen MR) is 236 cm³/mol. The minimum Gasteiger partial charge on any atom is -0.465 e. The standard InChI is InChI=1S/C53H51NO6/c55-52(56)54-34-46(39-60-53(47-19-7-2-8-20-47,48-21-9-3-10-22-48)49-23-11-4-12-24-49)51(50(35-54)59-38-42-27-28-43-17-13-14-18-45(43)33-42)44-29-25-41(26-30-44)37-58-32-31-57-36-40-15-5-1-6-16-40/h1-30,33,46,50-51H,31-32,34-39H2,(H,55,56). The van der Waals surface area contributed by atoms with Crippen LogP contribution in [0, 0.1) is 5.92 Å². The molecule has 0 aliphatic carbocycles. The van der Waals surface area contributed by atoms with Crippen molar-refractivity contribution >= 4 is 16.9 Å². The van der Waals surface area contributed by atoms with E-state index in [9.17, 15) is 9.90 Å². The number of piperidine rings is 1. The van der Waals surface area contributed by atoms with E-state index in [4.69, 9.17) is 18.9 Å². The Bertz CT molecular complexity index is 2300. The molecule has 7 aromatic carbocycles. The maximum Gasteiger partial charge on any atom is 0.407 e. The molecule has 7 heteroatoms. The number of amides is 1. The summed E-state index contributed by atoms with van der Waals surface area (Å²) in [4.78, 5) is 14.4. The van der Waals surface area contributed by atoms with Crippen LogP contribution in [0.4, 0.5) is 4.79 Å². The Morgan fingerprint density at radius 3 is 1.62 bits per heavy atom. The number of rotatable bonds is 17. The zero-order chi connectivity index (χ0) is 41.0. The minimum atomic E-state index is -0.974. The Labute approximate surface area is 352 Å². The molecule has 0 bridgehead atoms. The van der Waals surface area contributed by atoms with Crippen LogP contribution in [0.1, 0.15) is 44.9 Å². The summed E-state index contributed by atoms with van der Waals surface area (Å²) in [5, 5.41) is 12.8. The van der Waals surface area contributed by atoms with Gasteiger partial charge >= 0.3 is 6.09 Å². The lowest BCUT2D eigenvalue weighted by atomic mass is 9.77. The summed E-state index contributed by atoms with van der Waals surface area (Å²) in [6.45, 7) is 3.12. The normalized spacial score (nSPS) is 16.8. The van der Waals surface area contributed by atoms with E-state index in [2.05, 4.69) is 103 Å². The first kappa shape index (κ1) is 40.7. The zero-order valence-electron chi connectivity index (χ0n) is 33.7. The third kappa shape index (κ3) is 9.68. The van der Waals surface area contributed by atoms with E-state index in [0.717, 1.165) is 49.7 Å². The molecule has 1 heterocycles. The molecule has 0 radical (unpaired) electrons. The van der Waals surface area contributed by atoms with Crippen molar-refractivity contribution in [3.8, 4) is 0 Å². The van der Waals surface area contributed by atoms with Crippen molar-refractivity contribution in [2.45, 2.75) is 37.4 Å². The number of ether oxygens (including phenoxy) is 4. The van der Waals surface area contributed by atoms with Crippen LogP contribution in [0.3, 0.4) is 0 Å². The molecule has 1 aliphatic rings. The van der Waals surface area contributed by atoms with E-state index in [-0.39, 0.29) is 31.5 Å². The third-order valence-corrected chi connectivity index (χ3v) is 11.5. The summed E-state index contributed by atoms with van der Waals surface area (Å²) in [5.41, 5.74) is 6.28. The monoisotopic (exact) mass is 797 g/mol. The Morgan fingerprint density at radius 1 is 0.550 bits per heavy atom. The van der Waals surface area contributed by atoms with E-state index >= 15 is 0 Å².